The number of rotatable bonds is 4. The van der Waals surface area contributed by atoms with Crippen molar-refractivity contribution in [3.8, 4) is 0 Å². The molecule has 1 rings (SSSR count). The lowest BCUT2D eigenvalue weighted by Crippen LogP contribution is -2.45. The van der Waals surface area contributed by atoms with Crippen LogP contribution in [0, 0.1) is 17.8 Å². The molecule has 3 atom stereocenters. The number of nitrogens with one attached hydrogen (secondary N) is 1. The Labute approximate surface area is 111 Å². The van der Waals surface area contributed by atoms with Crippen molar-refractivity contribution >= 4 is 18.3 Å². The zero-order valence-electron chi connectivity index (χ0n) is 11.2. The maximum Gasteiger partial charge on any atom is 0.237 e. The molecule has 1 aliphatic carbocycles. The molecule has 0 aromatic rings. The van der Waals surface area contributed by atoms with E-state index in [-0.39, 0.29) is 30.3 Å². The molecule has 0 spiro atoms. The Morgan fingerprint density at radius 2 is 2.06 bits per heavy atom. The first kappa shape index (κ1) is 16.7. The molecule has 0 aliphatic heterocycles. The van der Waals surface area contributed by atoms with Gasteiger partial charge in [0.1, 0.15) is 0 Å². The molecule has 4 heteroatoms. The Morgan fingerprint density at radius 1 is 1.41 bits per heavy atom. The molecule has 0 radical (unpaired) electrons. The minimum atomic E-state index is -0.360. The van der Waals surface area contributed by atoms with Crippen LogP contribution < -0.4 is 11.1 Å². The van der Waals surface area contributed by atoms with Crippen molar-refractivity contribution in [1.82, 2.24) is 5.32 Å². The summed E-state index contributed by atoms with van der Waals surface area (Å²) in [4.78, 5) is 11.7. The summed E-state index contributed by atoms with van der Waals surface area (Å²) in [6, 6.07) is -0.360. The van der Waals surface area contributed by atoms with Crippen molar-refractivity contribution in [2.75, 3.05) is 6.54 Å². The molecule has 17 heavy (non-hydrogen) atoms. The predicted molar refractivity (Wildman–Crippen MR) is 74.2 cm³/mol. The summed E-state index contributed by atoms with van der Waals surface area (Å²) in [5.74, 6) is 1.69. The smallest absolute Gasteiger partial charge is 0.237 e. The van der Waals surface area contributed by atoms with Gasteiger partial charge in [-0.15, -0.1) is 12.4 Å². The number of hydrogen-bond acceptors (Lipinski definition) is 2. The van der Waals surface area contributed by atoms with Gasteiger partial charge in [-0.2, -0.15) is 0 Å². The zero-order chi connectivity index (χ0) is 12.1. The standard InChI is InChI=1S/C13H26N2O.ClH/c1-9(2)12(14)13(16)15-8-11-6-4-5-10(3)7-11;/h9-12H,4-8,14H2,1-3H3,(H,15,16);1H/t10?,11?,12-;/m1./s1. The molecule has 102 valence electrons. The Kier molecular flexibility index (Phi) is 7.80. The zero-order valence-corrected chi connectivity index (χ0v) is 12.1. The SMILES string of the molecule is CC1CCCC(CNC(=O)[C@H](N)C(C)C)C1.Cl. The Morgan fingerprint density at radius 3 is 2.59 bits per heavy atom. The van der Waals surface area contributed by atoms with E-state index < -0.39 is 0 Å². The third-order valence-electron chi connectivity index (χ3n) is 3.63. The van der Waals surface area contributed by atoms with E-state index in [1.54, 1.807) is 0 Å². The number of carbonyl (C=O) groups is 1. The molecule has 3 N–H and O–H groups in total. The van der Waals surface area contributed by atoms with Gasteiger partial charge in [0.15, 0.2) is 0 Å². The fourth-order valence-corrected chi connectivity index (χ4v) is 2.41. The van der Waals surface area contributed by atoms with Crippen molar-refractivity contribution in [1.29, 1.82) is 0 Å². The van der Waals surface area contributed by atoms with E-state index >= 15 is 0 Å². The van der Waals surface area contributed by atoms with Gasteiger partial charge in [-0.1, -0.05) is 33.6 Å². The van der Waals surface area contributed by atoms with E-state index in [0.717, 1.165) is 12.5 Å². The van der Waals surface area contributed by atoms with Gasteiger partial charge in [-0.25, -0.2) is 0 Å². The van der Waals surface area contributed by atoms with Gasteiger partial charge >= 0.3 is 0 Å². The van der Waals surface area contributed by atoms with Crippen LogP contribution in [0.25, 0.3) is 0 Å². The summed E-state index contributed by atoms with van der Waals surface area (Å²) in [5, 5.41) is 2.99. The molecule has 0 aromatic carbocycles. The van der Waals surface area contributed by atoms with Gasteiger partial charge in [0.25, 0.3) is 0 Å². The van der Waals surface area contributed by atoms with E-state index in [1.165, 1.54) is 25.7 Å². The third-order valence-corrected chi connectivity index (χ3v) is 3.63. The lowest BCUT2D eigenvalue weighted by atomic mass is 9.82. The van der Waals surface area contributed by atoms with Crippen LogP contribution in [0.2, 0.25) is 0 Å². The monoisotopic (exact) mass is 262 g/mol. The van der Waals surface area contributed by atoms with Crippen LogP contribution in [0.1, 0.15) is 46.5 Å². The van der Waals surface area contributed by atoms with Crippen LogP contribution in [0.5, 0.6) is 0 Å². The fourth-order valence-electron chi connectivity index (χ4n) is 2.41. The van der Waals surface area contributed by atoms with Gasteiger partial charge in [-0.3, -0.25) is 4.79 Å². The van der Waals surface area contributed by atoms with Gasteiger partial charge in [-0.05, 0) is 30.6 Å². The van der Waals surface area contributed by atoms with Gasteiger partial charge in [0.05, 0.1) is 6.04 Å². The van der Waals surface area contributed by atoms with E-state index in [0.29, 0.717) is 5.92 Å². The second kappa shape index (κ2) is 7.93. The van der Waals surface area contributed by atoms with Crippen molar-refractivity contribution in [3.63, 3.8) is 0 Å². The summed E-state index contributed by atoms with van der Waals surface area (Å²) >= 11 is 0. The molecule has 1 amide bonds. The van der Waals surface area contributed by atoms with Crippen LogP contribution in [-0.2, 0) is 4.79 Å². The van der Waals surface area contributed by atoms with E-state index in [1.807, 2.05) is 13.8 Å². The average molecular weight is 263 g/mol. The van der Waals surface area contributed by atoms with Gasteiger partial charge in [0, 0.05) is 6.54 Å². The summed E-state index contributed by atoms with van der Waals surface area (Å²) in [6.07, 6.45) is 5.15. The summed E-state index contributed by atoms with van der Waals surface area (Å²) < 4.78 is 0. The molecule has 0 heterocycles. The van der Waals surface area contributed by atoms with Gasteiger partial charge in [0.2, 0.25) is 5.91 Å². The molecular weight excluding hydrogens is 236 g/mol. The quantitative estimate of drug-likeness (QED) is 0.817. The van der Waals surface area contributed by atoms with Crippen LogP contribution in [0.3, 0.4) is 0 Å². The van der Waals surface area contributed by atoms with Crippen molar-refractivity contribution in [2.24, 2.45) is 23.5 Å². The minimum Gasteiger partial charge on any atom is -0.354 e. The minimum absolute atomic E-state index is 0. The molecule has 1 fully saturated rings. The Balaban J connectivity index is 0.00000256. The molecule has 0 bridgehead atoms. The average Bonchev–Trinajstić information content (AvgIpc) is 2.24. The predicted octanol–water partition coefficient (Wildman–Crippen LogP) is 2.33. The number of halogens is 1. The molecular formula is C13H27ClN2O. The van der Waals surface area contributed by atoms with Crippen molar-refractivity contribution in [3.05, 3.63) is 0 Å². The first-order valence-electron chi connectivity index (χ1n) is 6.54. The van der Waals surface area contributed by atoms with Crippen LogP contribution >= 0.6 is 12.4 Å². The van der Waals surface area contributed by atoms with Crippen LogP contribution in [0.15, 0.2) is 0 Å². The largest absolute Gasteiger partial charge is 0.354 e. The number of nitrogens with two attached hydrogens (primary N) is 1. The lowest BCUT2D eigenvalue weighted by Gasteiger charge is -2.27. The second-order valence-electron chi connectivity index (χ2n) is 5.65. The Hall–Kier alpha value is -0.280. The maximum atomic E-state index is 11.7. The Bertz CT molecular complexity index is 233. The molecule has 1 saturated carbocycles. The number of hydrogen-bond donors (Lipinski definition) is 2. The second-order valence-corrected chi connectivity index (χ2v) is 5.65. The highest BCUT2D eigenvalue weighted by atomic mass is 35.5. The van der Waals surface area contributed by atoms with Crippen molar-refractivity contribution in [2.45, 2.75) is 52.5 Å². The normalized spacial score (nSPS) is 26.2. The topological polar surface area (TPSA) is 55.1 Å². The highest BCUT2D eigenvalue weighted by molar-refractivity contribution is 5.85. The highest BCUT2D eigenvalue weighted by Gasteiger charge is 2.21. The number of amides is 1. The first-order valence-corrected chi connectivity index (χ1v) is 6.54. The van der Waals surface area contributed by atoms with Crippen molar-refractivity contribution < 1.29 is 4.79 Å². The van der Waals surface area contributed by atoms with E-state index in [4.69, 9.17) is 5.73 Å². The van der Waals surface area contributed by atoms with Crippen LogP contribution in [-0.4, -0.2) is 18.5 Å². The highest BCUT2D eigenvalue weighted by Crippen LogP contribution is 2.27. The van der Waals surface area contributed by atoms with Crippen LogP contribution in [0.4, 0.5) is 0 Å². The molecule has 0 saturated heterocycles. The third kappa shape index (κ3) is 5.73. The summed E-state index contributed by atoms with van der Waals surface area (Å²) in [5.41, 5.74) is 5.79. The lowest BCUT2D eigenvalue weighted by molar-refractivity contribution is -0.123. The summed E-state index contributed by atoms with van der Waals surface area (Å²) in [6.45, 7) is 7.07. The molecule has 3 nitrogen and oxygen atoms in total. The molecule has 0 aromatic heterocycles. The van der Waals surface area contributed by atoms with Gasteiger partial charge < -0.3 is 11.1 Å². The summed E-state index contributed by atoms with van der Waals surface area (Å²) in [7, 11) is 0. The van der Waals surface area contributed by atoms with E-state index in [9.17, 15) is 4.79 Å². The molecule has 1 aliphatic rings. The maximum absolute atomic E-state index is 11.7. The fraction of sp³-hybridized carbons (Fsp3) is 0.923. The number of carbonyl (C=O) groups excluding carboxylic acids is 1. The first-order chi connectivity index (χ1) is 7.50. The van der Waals surface area contributed by atoms with E-state index in [2.05, 4.69) is 12.2 Å². The molecule has 2 unspecified atom stereocenters.